The number of hydrogen-bond donors (Lipinski definition) is 3. The molecule has 0 aliphatic carbocycles. The van der Waals surface area contributed by atoms with Gasteiger partial charge < -0.3 is 21.9 Å². The van der Waals surface area contributed by atoms with E-state index in [9.17, 15) is 0 Å². The van der Waals surface area contributed by atoms with E-state index in [-0.39, 0.29) is 22.9 Å². The zero-order valence-corrected chi connectivity index (χ0v) is 19.1. The molecule has 5 aromatic rings. The maximum Gasteiger partial charge on any atom is 2.00 e. The molecule has 5 rings (SSSR count). The zero-order valence-electron chi connectivity index (χ0n) is 18.1. The molecule has 0 saturated carbocycles. The molecule has 2 aromatic carbocycles. The van der Waals surface area contributed by atoms with E-state index in [0.29, 0.717) is 5.56 Å². The second kappa shape index (κ2) is 13.3. The van der Waals surface area contributed by atoms with Crippen molar-refractivity contribution in [3.05, 3.63) is 114 Å². The molecule has 5 N–H and O–H groups in total. The minimum atomic E-state index is -0.181. The zero-order chi connectivity index (χ0) is 23.5. The molecule has 0 unspecified atom stereocenters. The Kier molecular flexibility index (Phi) is 10.2. The van der Waals surface area contributed by atoms with Gasteiger partial charge in [-0.2, -0.15) is 6.20 Å². The van der Waals surface area contributed by atoms with Gasteiger partial charge in [-0.25, -0.2) is 0 Å². The molecule has 8 heteroatoms. The first kappa shape index (κ1) is 26.0. The van der Waals surface area contributed by atoms with Gasteiger partial charge in [-0.1, -0.05) is 66.5 Å². The number of nitrogens with zero attached hydrogens (tertiary/aromatic N) is 4. The fourth-order valence-corrected chi connectivity index (χ4v) is 3.21. The molecular weight excluding hydrogens is 474 g/mol. The van der Waals surface area contributed by atoms with Gasteiger partial charge in [-0.15, -0.1) is 5.52 Å². The van der Waals surface area contributed by atoms with E-state index in [2.05, 4.69) is 32.8 Å². The van der Waals surface area contributed by atoms with Crippen LogP contribution in [0.25, 0.3) is 38.8 Å². The number of hydrogen-bond acceptors (Lipinski definition) is 3. The summed E-state index contributed by atoms with van der Waals surface area (Å²) in [7, 11) is 0. The quantitative estimate of drug-likeness (QED) is 0.192. The third-order valence-corrected chi connectivity index (χ3v) is 4.61. The van der Waals surface area contributed by atoms with Crippen LogP contribution < -0.4 is 16.5 Å². The van der Waals surface area contributed by atoms with Gasteiger partial charge >= 0.3 is 17.1 Å². The number of para-hydroxylation sites is 1. The summed E-state index contributed by atoms with van der Waals surface area (Å²) < 4.78 is 0. The molecule has 1 radical (unpaired) electrons. The van der Waals surface area contributed by atoms with Crippen LogP contribution in [-0.4, -0.2) is 22.1 Å². The molecule has 34 heavy (non-hydrogen) atoms. The SMILES string of the molecule is N=CN.[Cu+2].[N-]=C(N)c1cccc2cc[n-]c12.c1ccc(-c2ccccc2-c2ccccn2)nc1. The van der Waals surface area contributed by atoms with E-state index in [1.807, 2.05) is 79.1 Å². The summed E-state index contributed by atoms with van der Waals surface area (Å²) in [5.74, 6) is -0.181. The van der Waals surface area contributed by atoms with Crippen LogP contribution in [0.2, 0.25) is 0 Å². The Hall–Kier alpha value is -4.26. The van der Waals surface area contributed by atoms with Crippen LogP contribution in [0.1, 0.15) is 5.56 Å². The number of pyridine rings is 2. The van der Waals surface area contributed by atoms with Crippen molar-refractivity contribution in [2.45, 2.75) is 0 Å². The maximum absolute atomic E-state index is 9.09. The smallest absolute Gasteiger partial charge is 0.663 e. The van der Waals surface area contributed by atoms with Crippen molar-refractivity contribution >= 4 is 23.1 Å². The number of nitrogens with two attached hydrogens (primary N) is 2. The number of nitrogens with one attached hydrogen (secondary N) is 1. The monoisotopic (exact) mass is 496 g/mol. The third-order valence-electron chi connectivity index (χ3n) is 4.61. The summed E-state index contributed by atoms with van der Waals surface area (Å²) in [6.07, 6.45) is 6.06. The summed E-state index contributed by atoms with van der Waals surface area (Å²) in [5.41, 5.74) is 15.2. The van der Waals surface area contributed by atoms with Crippen LogP contribution in [0.5, 0.6) is 0 Å². The third kappa shape index (κ3) is 6.62. The number of aromatic nitrogens is 3. The molecule has 173 valence electrons. The summed E-state index contributed by atoms with van der Waals surface area (Å²) in [6.45, 7) is 0. The average molecular weight is 497 g/mol. The molecule has 3 aromatic heterocycles. The topological polar surface area (TPSA) is 138 Å². The maximum atomic E-state index is 9.09. The normalized spacial score (nSPS) is 9.41. The van der Waals surface area contributed by atoms with Crippen LogP contribution >= 0.6 is 0 Å². The molecule has 0 aliphatic rings. The van der Waals surface area contributed by atoms with Gasteiger partial charge in [0.05, 0.1) is 17.7 Å². The molecule has 0 atom stereocenters. The summed E-state index contributed by atoms with van der Waals surface area (Å²) in [5, 5.41) is 15.9. The van der Waals surface area contributed by atoms with E-state index in [0.717, 1.165) is 39.8 Å². The van der Waals surface area contributed by atoms with Crippen molar-refractivity contribution in [2.75, 3.05) is 0 Å². The molecule has 7 nitrogen and oxygen atoms in total. The van der Waals surface area contributed by atoms with Gasteiger partial charge in [0.15, 0.2) is 0 Å². The fourth-order valence-electron chi connectivity index (χ4n) is 3.21. The Morgan fingerprint density at radius 3 is 1.79 bits per heavy atom. The van der Waals surface area contributed by atoms with Crippen LogP contribution in [0.4, 0.5) is 0 Å². The van der Waals surface area contributed by atoms with Crippen LogP contribution in [0.15, 0.2) is 104 Å². The van der Waals surface area contributed by atoms with Crippen molar-refractivity contribution in [1.29, 1.82) is 5.41 Å². The molecule has 0 amide bonds. The summed E-state index contributed by atoms with van der Waals surface area (Å²) in [6, 6.07) is 27.5. The van der Waals surface area contributed by atoms with E-state index in [1.165, 1.54) is 0 Å². The van der Waals surface area contributed by atoms with E-state index < -0.39 is 0 Å². The van der Waals surface area contributed by atoms with Gasteiger partial charge in [0.2, 0.25) is 0 Å². The van der Waals surface area contributed by atoms with Gasteiger partial charge in [0.1, 0.15) is 0 Å². The molecule has 0 saturated heterocycles. The Morgan fingerprint density at radius 1 is 0.794 bits per heavy atom. The van der Waals surface area contributed by atoms with Crippen molar-refractivity contribution < 1.29 is 17.1 Å². The number of amidine groups is 1. The Morgan fingerprint density at radius 2 is 1.32 bits per heavy atom. The van der Waals surface area contributed by atoms with Gasteiger partial charge in [0.25, 0.3) is 0 Å². The number of rotatable bonds is 3. The minimum Gasteiger partial charge on any atom is -0.663 e. The van der Waals surface area contributed by atoms with Crippen LogP contribution in [0.3, 0.4) is 0 Å². The molecule has 0 bridgehead atoms. The molecule has 0 aliphatic heterocycles. The number of fused-ring (bicyclic) bond motifs is 1. The largest absolute Gasteiger partial charge is 2.00 e. The van der Waals surface area contributed by atoms with Gasteiger partial charge in [-0.05, 0) is 35.2 Å². The molecule has 3 heterocycles. The first-order valence-corrected chi connectivity index (χ1v) is 10.1. The Labute approximate surface area is 208 Å². The predicted molar refractivity (Wildman–Crippen MR) is 135 cm³/mol. The average Bonchev–Trinajstić information content (AvgIpc) is 3.35. The van der Waals surface area contributed by atoms with Crippen LogP contribution in [0, 0.1) is 5.41 Å². The van der Waals surface area contributed by atoms with E-state index in [4.69, 9.17) is 16.6 Å². The first-order valence-electron chi connectivity index (χ1n) is 10.1. The van der Waals surface area contributed by atoms with E-state index >= 15 is 0 Å². The van der Waals surface area contributed by atoms with Gasteiger partial charge in [-0.3, -0.25) is 15.4 Å². The van der Waals surface area contributed by atoms with E-state index in [1.54, 1.807) is 12.3 Å². The van der Waals surface area contributed by atoms with Gasteiger partial charge in [0, 0.05) is 23.5 Å². The molecule has 0 fully saturated rings. The second-order valence-corrected chi connectivity index (χ2v) is 6.72. The standard InChI is InChI=1S/C16H12N2.C9H7N3.CH4N2.Cu/c1-2-8-14(16-10-4-6-12-18-16)13(7-1)15-9-3-5-11-17-15;10-9(11)7-3-1-2-6-4-5-12-8(6)7;2-1-3;/h1-12H;1-5H,(H2-,10,11);1H,(H3,2,3);/q;-2;;+2. The summed E-state index contributed by atoms with van der Waals surface area (Å²) in [4.78, 5) is 12.9. The number of benzene rings is 2. The molecular formula is C26H23CuN7. The van der Waals surface area contributed by atoms with Crippen molar-refractivity contribution in [3.8, 4) is 22.5 Å². The Bertz CT molecular complexity index is 1260. The fraction of sp³-hybridized carbons (Fsp3) is 0. The van der Waals surface area contributed by atoms with Crippen LogP contribution in [-0.2, 0) is 17.1 Å². The van der Waals surface area contributed by atoms with Crippen molar-refractivity contribution in [2.24, 2.45) is 11.5 Å². The van der Waals surface area contributed by atoms with Crippen molar-refractivity contribution in [3.63, 3.8) is 0 Å². The Balaban J connectivity index is 0.000000222. The minimum absolute atomic E-state index is 0. The van der Waals surface area contributed by atoms with Crippen molar-refractivity contribution in [1.82, 2.24) is 15.0 Å². The summed E-state index contributed by atoms with van der Waals surface area (Å²) >= 11 is 0. The molecule has 0 spiro atoms. The predicted octanol–water partition coefficient (Wildman–Crippen LogP) is 4.43. The first-order chi connectivity index (χ1) is 16.2. The second-order valence-electron chi connectivity index (χ2n) is 6.72.